The first-order chi connectivity index (χ1) is 6.57. The van der Waals surface area contributed by atoms with Crippen molar-refractivity contribution in [1.29, 1.82) is 0 Å². The molecule has 1 aliphatic rings. The maximum Gasteiger partial charge on any atom is 0.127 e. The summed E-state index contributed by atoms with van der Waals surface area (Å²) in [5, 5.41) is 0. The van der Waals surface area contributed by atoms with Crippen LogP contribution < -0.4 is 4.74 Å². The monoisotopic (exact) mass is 188 g/mol. The lowest BCUT2D eigenvalue weighted by Gasteiger charge is -2.21. The largest absolute Gasteiger partial charge is 0.489 e. The van der Waals surface area contributed by atoms with Crippen molar-refractivity contribution in [2.45, 2.75) is 26.2 Å². The molecular weight excluding hydrogens is 172 g/mol. The number of hydrogen-bond acceptors (Lipinski definition) is 1. The van der Waals surface area contributed by atoms with Crippen LogP contribution in [0.3, 0.4) is 0 Å². The molecule has 0 amide bonds. The Balaban J connectivity index is 2.45. The summed E-state index contributed by atoms with van der Waals surface area (Å²) in [4.78, 5) is 0. The van der Waals surface area contributed by atoms with Crippen molar-refractivity contribution < 1.29 is 4.74 Å². The van der Waals surface area contributed by atoms with E-state index in [2.05, 4.69) is 45.0 Å². The average molecular weight is 188 g/mol. The van der Waals surface area contributed by atoms with Gasteiger partial charge in [0.15, 0.2) is 0 Å². The standard InChI is InChI=1S/C13H16O/c1-13(2,3)11-7-6-10-5-4-8-14-12(10)9-11/h4-7,9H,8H2,1-3H3. The van der Waals surface area contributed by atoms with E-state index in [1.54, 1.807) is 0 Å². The lowest BCUT2D eigenvalue weighted by atomic mass is 9.86. The fourth-order valence-corrected chi connectivity index (χ4v) is 1.58. The molecule has 0 fully saturated rings. The van der Waals surface area contributed by atoms with E-state index >= 15 is 0 Å². The van der Waals surface area contributed by atoms with Crippen molar-refractivity contribution in [2.24, 2.45) is 0 Å². The SMILES string of the molecule is CC(C)(C)c1ccc2c(c1)OCC=C2. The van der Waals surface area contributed by atoms with Crippen LogP contribution in [0.25, 0.3) is 6.08 Å². The summed E-state index contributed by atoms with van der Waals surface area (Å²) in [6, 6.07) is 6.46. The van der Waals surface area contributed by atoms with E-state index in [1.165, 1.54) is 11.1 Å². The van der Waals surface area contributed by atoms with E-state index in [1.807, 2.05) is 6.08 Å². The molecule has 1 heterocycles. The molecule has 0 unspecified atom stereocenters. The van der Waals surface area contributed by atoms with Gasteiger partial charge in [0, 0.05) is 5.56 Å². The third-order valence-corrected chi connectivity index (χ3v) is 2.51. The molecule has 1 aromatic carbocycles. The van der Waals surface area contributed by atoms with Crippen LogP contribution in [0.5, 0.6) is 5.75 Å². The van der Waals surface area contributed by atoms with E-state index in [0.717, 1.165) is 5.75 Å². The fourth-order valence-electron chi connectivity index (χ4n) is 1.58. The van der Waals surface area contributed by atoms with Crippen LogP contribution in [0.1, 0.15) is 31.9 Å². The van der Waals surface area contributed by atoms with E-state index < -0.39 is 0 Å². The summed E-state index contributed by atoms with van der Waals surface area (Å²) in [6.45, 7) is 7.34. The maximum atomic E-state index is 5.57. The molecule has 1 heteroatoms. The zero-order valence-corrected chi connectivity index (χ0v) is 9.00. The smallest absolute Gasteiger partial charge is 0.127 e. The van der Waals surface area contributed by atoms with Crippen molar-refractivity contribution in [3.05, 3.63) is 35.4 Å². The third kappa shape index (κ3) is 1.67. The Morgan fingerprint density at radius 3 is 2.71 bits per heavy atom. The Bertz CT molecular complexity index is 369. The Kier molecular flexibility index (Phi) is 2.10. The highest BCUT2D eigenvalue weighted by molar-refractivity contribution is 5.60. The number of hydrogen-bond donors (Lipinski definition) is 0. The lowest BCUT2D eigenvalue weighted by molar-refractivity contribution is 0.357. The highest BCUT2D eigenvalue weighted by Gasteiger charge is 2.16. The van der Waals surface area contributed by atoms with Crippen LogP contribution in [-0.2, 0) is 5.41 Å². The predicted molar refractivity (Wildman–Crippen MR) is 59.7 cm³/mol. The zero-order chi connectivity index (χ0) is 10.2. The molecule has 74 valence electrons. The molecule has 0 aromatic heterocycles. The van der Waals surface area contributed by atoms with Crippen LogP contribution in [0.2, 0.25) is 0 Å². The Morgan fingerprint density at radius 2 is 2.00 bits per heavy atom. The van der Waals surface area contributed by atoms with Crippen molar-refractivity contribution in [1.82, 2.24) is 0 Å². The first-order valence-corrected chi connectivity index (χ1v) is 5.01. The summed E-state index contributed by atoms with van der Waals surface area (Å²) in [5.74, 6) is 1.01. The minimum atomic E-state index is 0.194. The highest BCUT2D eigenvalue weighted by atomic mass is 16.5. The second-order valence-corrected chi connectivity index (χ2v) is 4.72. The van der Waals surface area contributed by atoms with Gasteiger partial charge in [-0.2, -0.15) is 0 Å². The molecule has 1 aliphatic heterocycles. The molecule has 0 spiro atoms. The van der Waals surface area contributed by atoms with Gasteiger partial charge in [-0.25, -0.2) is 0 Å². The van der Waals surface area contributed by atoms with Gasteiger partial charge in [-0.1, -0.05) is 39.0 Å². The van der Waals surface area contributed by atoms with Crippen molar-refractivity contribution in [3.63, 3.8) is 0 Å². The molecule has 0 aliphatic carbocycles. The van der Waals surface area contributed by atoms with Crippen LogP contribution in [-0.4, -0.2) is 6.61 Å². The van der Waals surface area contributed by atoms with Gasteiger partial charge in [-0.15, -0.1) is 0 Å². The van der Waals surface area contributed by atoms with Gasteiger partial charge in [0.1, 0.15) is 12.4 Å². The van der Waals surface area contributed by atoms with E-state index in [-0.39, 0.29) is 5.41 Å². The van der Waals surface area contributed by atoms with E-state index in [4.69, 9.17) is 4.74 Å². The minimum absolute atomic E-state index is 0.194. The molecule has 0 atom stereocenters. The number of benzene rings is 1. The molecule has 0 saturated heterocycles. The average Bonchev–Trinajstić information content (AvgIpc) is 2.16. The van der Waals surface area contributed by atoms with E-state index in [9.17, 15) is 0 Å². The van der Waals surface area contributed by atoms with Gasteiger partial charge in [0.05, 0.1) is 0 Å². The Hall–Kier alpha value is -1.24. The summed E-state index contributed by atoms with van der Waals surface area (Å²) in [7, 11) is 0. The molecule has 2 rings (SSSR count). The maximum absolute atomic E-state index is 5.57. The van der Waals surface area contributed by atoms with E-state index in [0.29, 0.717) is 6.61 Å². The van der Waals surface area contributed by atoms with Gasteiger partial charge in [0.25, 0.3) is 0 Å². The summed E-state index contributed by atoms with van der Waals surface area (Å²) in [6.07, 6.45) is 4.16. The summed E-state index contributed by atoms with van der Waals surface area (Å²) < 4.78 is 5.57. The summed E-state index contributed by atoms with van der Waals surface area (Å²) in [5.41, 5.74) is 2.70. The number of rotatable bonds is 0. The molecule has 0 saturated carbocycles. The van der Waals surface area contributed by atoms with Gasteiger partial charge in [0.2, 0.25) is 0 Å². The fraction of sp³-hybridized carbons (Fsp3) is 0.385. The molecule has 0 radical (unpaired) electrons. The van der Waals surface area contributed by atoms with Crippen LogP contribution in [0.4, 0.5) is 0 Å². The topological polar surface area (TPSA) is 9.23 Å². The number of ether oxygens (including phenoxy) is 1. The van der Waals surface area contributed by atoms with Crippen LogP contribution in [0, 0.1) is 0 Å². The lowest BCUT2D eigenvalue weighted by Crippen LogP contribution is -2.12. The second-order valence-electron chi connectivity index (χ2n) is 4.72. The highest BCUT2D eigenvalue weighted by Crippen LogP contribution is 2.30. The first-order valence-electron chi connectivity index (χ1n) is 5.01. The van der Waals surface area contributed by atoms with Crippen molar-refractivity contribution >= 4 is 6.08 Å². The summed E-state index contributed by atoms with van der Waals surface area (Å²) >= 11 is 0. The quantitative estimate of drug-likeness (QED) is 0.606. The number of fused-ring (bicyclic) bond motifs is 1. The van der Waals surface area contributed by atoms with Gasteiger partial charge < -0.3 is 4.74 Å². The Morgan fingerprint density at radius 1 is 1.21 bits per heavy atom. The zero-order valence-electron chi connectivity index (χ0n) is 9.00. The molecule has 14 heavy (non-hydrogen) atoms. The van der Waals surface area contributed by atoms with Gasteiger partial charge in [-0.3, -0.25) is 0 Å². The third-order valence-electron chi connectivity index (χ3n) is 2.51. The van der Waals surface area contributed by atoms with Crippen LogP contribution >= 0.6 is 0 Å². The molecule has 0 N–H and O–H groups in total. The molecule has 1 nitrogen and oxygen atoms in total. The molecule has 1 aromatic rings. The Labute approximate surface area is 85.4 Å². The van der Waals surface area contributed by atoms with Crippen molar-refractivity contribution in [2.75, 3.05) is 6.61 Å². The van der Waals surface area contributed by atoms with Gasteiger partial charge in [-0.05, 0) is 23.1 Å². The van der Waals surface area contributed by atoms with Gasteiger partial charge >= 0.3 is 0 Å². The van der Waals surface area contributed by atoms with Crippen molar-refractivity contribution in [3.8, 4) is 5.75 Å². The normalized spacial score (nSPS) is 14.8. The molecular formula is C13H16O. The van der Waals surface area contributed by atoms with Crippen LogP contribution in [0.15, 0.2) is 24.3 Å². The second kappa shape index (κ2) is 3.16. The minimum Gasteiger partial charge on any atom is -0.489 e. The molecule has 0 bridgehead atoms. The first kappa shape index (κ1) is 9.32. The predicted octanol–water partition coefficient (Wildman–Crippen LogP) is 3.39.